The molecule has 15 heavy (non-hydrogen) atoms. The van der Waals surface area contributed by atoms with Crippen LogP contribution in [0.25, 0.3) is 0 Å². The summed E-state index contributed by atoms with van der Waals surface area (Å²) in [6, 6.07) is 0. The molecule has 0 heterocycles. The molecule has 95 valence electrons. The van der Waals surface area contributed by atoms with Crippen LogP contribution in [-0.2, 0) is 31.5 Å². The molecule has 0 aromatic carbocycles. The molecule has 0 saturated carbocycles. The van der Waals surface area contributed by atoms with Gasteiger partial charge in [-0.2, -0.15) is 0 Å². The zero-order valence-electron chi connectivity index (χ0n) is 10.3. The van der Waals surface area contributed by atoms with Crippen molar-refractivity contribution in [1.82, 2.24) is 0 Å². The predicted octanol–water partition coefficient (Wildman–Crippen LogP) is 1.38. The Balaban J connectivity index is -0.0000000175. The molecule has 0 amide bonds. The van der Waals surface area contributed by atoms with E-state index in [0.29, 0.717) is 0 Å². The molecule has 0 rings (SSSR count). The van der Waals surface area contributed by atoms with Gasteiger partial charge in [0.1, 0.15) is 0 Å². The van der Waals surface area contributed by atoms with Crippen molar-refractivity contribution in [3.8, 4) is 0 Å². The molecule has 3 nitrogen and oxygen atoms in total. The minimum absolute atomic E-state index is 0. The molecule has 0 unspecified atom stereocenters. The number of carbonyl (C=O) groups excluding carboxylic acids is 3. The fourth-order valence-corrected chi connectivity index (χ4v) is 0. The van der Waals surface area contributed by atoms with Gasteiger partial charge in [0.05, 0.1) is 0 Å². The van der Waals surface area contributed by atoms with Crippen LogP contribution >= 0.6 is 0 Å². The second kappa shape index (κ2) is 59.3. The molecule has 0 N–H and O–H groups in total. The third kappa shape index (κ3) is 1930. The Morgan fingerprint density at radius 2 is 0.533 bits per heavy atom. The van der Waals surface area contributed by atoms with Gasteiger partial charge in [-0.25, -0.2) is 0 Å². The summed E-state index contributed by atoms with van der Waals surface area (Å²) >= 11 is -1.09. The van der Waals surface area contributed by atoms with E-state index < -0.39 is 40.4 Å². The van der Waals surface area contributed by atoms with Gasteiger partial charge in [-0.15, -0.1) is 0 Å². The van der Waals surface area contributed by atoms with Crippen LogP contribution in [0.2, 0.25) is 29.2 Å². The first-order valence-corrected chi connectivity index (χ1v) is 20.8. The van der Waals surface area contributed by atoms with Crippen molar-refractivity contribution in [3.63, 3.8) is 0 Å². The second-order valence-electron chi connectivity index (χ2n) is 3.00. The average molecular weight is 479 g/mol. The van der Waals surface area contributed by atoms with Crippen molar-refractivity contribution in [3.05, 3.63) is 0 Å². The third-order valence-electron chi connectivity index (χ3n) is 0. The van der Waals surface area contributed by atoms with Crippen molar-refractivity contribution < 1.29 is 31.5 Å². The molecule has 3 radical (unpaired) electrons. The van der Waals surface area contributed by atoms with E-state index in [0.717, 1.165) is 0 Å². The topological polar surface area (TPSA) is 51.2 Å². The van der Waals surface area contributed by atoms with E-state index in [9.17, 15) is 0 Å². The summed E-state index contributed by atoms with van der Waals surface area (Å²) in [5.41, 5.74) is 0. The molecular weight excluding hydrogens is 455 g/mol. The maximum absolute atomic E-state index is 7.75. The fourth-order valence-electron chi connectivity index (χ4n) is 0. The van der Waals surface area contributed by atoms with Crippen molar-refractivity contribution in [2.75, 3.05) is 0 Å². The molecule has 0 aliphatic rings. The van der Waals surface area contributed by atoms with Crippen LogP contribution in [0, 0.1) is 0 Å². The van der Waals surface area contributed by atoms with E-state index in [1.807, 2.05) is 0 Å². The first-order chi connectivity index (χ1) is 6.46. The van der Waals surface area contributed by atoms with Crippen LogP contribution in [0.1, 0.15) is 0 Å². The van der Waals surface area contributed by atoms with E-state index in [1.165, 1.54) is 0 Å². The minimum atomic E-state index is -0.543. The van der Waals surface area contributed by atoms with Gasteiger partial charge < -0.3 is 14.4 Å². The fraction of sp³-hybridized carbons (Fsp3) is 0.667. The maximum atomic E-state index is 7.75. The summed E-state index contributed by atoms with van der Waals surface area (Å²) < 4.78 is 0. The number of hydrogen-bond acceptors (Lipinski definition) is 3. The van der Waals surface area contributed by atoms with E-state index in [2.05, 4.69) is 49.6 Å². The Hall–Kier alpha value is 1.17. The van der Waals surface area contributed by atoms with Gasteiger partial charge >= 0.3 is 86.7 Å². The van der Waals surface area contributed by atoms with Crippen molar-refractivity contribution >= 4 is 60.8 Å². The largest absolute Gasteiger partial charge is 3.00 e. The summed E-state index contributed by atoms with van der Waals surface area (Å²) in [5, 5.41) is 0. The molecule has 0 aliphatic heterocycles. The first-order valence-electron chi connectivity index (χ1n) is 3.71. The van der Waals surface area contributed by atoms with Crippen LogP contribution in [0.15, 0.2) is 0 Å². The van der Waals surface area contributed by atoms with Crippen LogP contribution in [-0.4, -0.2) is 60.8 Å². The van der Waals surface area contributed by atoms with E-state index in [-0.39, 0.29) is 17.1 Å². The third-order valence-corrected chi connectivity index (χ3v) is 0. The van der Waals surface area contributed by atoms with Crippen LogP contribution in [0.5, 0.6) is 0 Å². The summed E-state index contributed by atoms with van der Waals surface area (Å²) in [6.45, 7) is 9.75. The Labute approximate surface area is 120 Å². The van der Waals surface area contributed by atoms with E-state index in [4.69, 9.17) is 14.4 Å². The van der Waals surface area contributed by atoms with Gasteiger partial charge in [0.15, 0.2) is 0 Å². The molecule has 0 spiro atoms. The number of rotatable bonds is 0. The predicted molar refractivity (Wildman–Crippen MR) is 69.7 cm³/mol. The molecule has 0 aromatic heterocycles. The molecule has 0 bridgehead atoms. The SMILES string of the molecule is [CH-]=O.[CH-]=O.[CH-]=O.[CH3][SbH]([CH3])[CH3].[CH3][SbH]([CH3])[CH3].[Fe+3]. The quantitative estimate of drug-likeness (QED) is 0.300. The molecule has 0 aromatic rings. The van der Waals surface area contributed by atoms with Crippen LogP contribution in [0.4, 0.5) is 0 Å². The van der Waals surface area contributed by atoms with Crippen molar-refractivity contribution in [1.29, 1.82) is 0 Å². The summed E-state index contributed by atoms with van der Waals surface area (Å²) in [4.78, 5) is 37.4. The standard InChI is InChI=1S/3CHO.6CH3.Fe.2Sb.2H/c3*1-2;;;;;;;;;;;/h3*1H;6*1H3;;;;;/q3*-1;;;;;;;+3;;;;. The molecule has 6 heteroatoms. The summed E-state index contributed by atoms with van der Waals surface area (Å²) in [7, 11) is 0. The smallest absolute Gasteiger partial charge is 3.00 e. The zero-order chi connectivity index (χ0) is 13.2. The van der Waals surface area contributed by atoms with Crippen molar-refractivity contribution in [2.45, 2.75) is 29.2 Å². The van der Waals surface area contributed by atoms with Crippen LogP contribution < -0.4 is 0 Å². The van der Waals surface area contributed by atoms with Gasteiger partial charge in [-0.05, 0) is 0 Å². The van der Waals surface area contributed by atoms with Gasteiger partial charge in [-0.3, -0.25) is 20.4 Å². The molecule has 0 atom stereocenters. The molecular formula is C9H23FeO3Sb2. The van der Waals surface area contributed by atoms with E-state index >= 15 is 0 Å². The van der Waals surface area contributed by atoms with Crippen molar-refractivity contribution in [2.24, 2.45) is 0 Å². The van der Waals surface area contributed by atoms with Gasteiger partial charge in [0.25, 0.3) is 0 Å². The minimum Gasteiger partial charge on any atom is 3.00 e. The molecule has 0 fully saturated rings. The van der Waals surface area contributed by atoms with Gasteiger partial charge in [0, 0.05) is 0 Å². The normalized spacial score (nSPS) is 5.60. The monoisotopic (exact) mass is 477 g/mol. The van der Waals surface area contributed by atoms with Gasteiger partial charge in [-0.1, -0.05) is 0 Å². The molecule has 0 aliphatic carbocycles. The Morgan fingerprint density at radius 3 is 0.533 bits per heavy atom. The number of hydrogen-bond donors (Lipinski definition) is 0. The Morgan fingerprint density at radius 1 is 0.533 bits per heavy atom. The van der Waals surface area contributed by atoms with E-state index in [1.54, 1.807) is 0 Å². The first kappa shape index (κ1) is 36.0. The zero-order valence-corrected chi connectivity index (χ0v) is 17.1. The Kier molecular flexibility index (Phi) is 142. The van der Waals surface area contributed by atoms with Crippen LogP contribution in [0.3, 0.4) is 0 Å². The van der Waals surface area contributed by atoms with Gasteiger partial charge in [0.2, 0.25) is 0 Å². The summed E-state index contributed by atoms with van der Waals surface area (Å²) in [6.07, 6.45) is 0. The maximum Gasteiger partial charge on any atom is 3.00 e. The Bertz CT molecular complexity index is 60.1. The second-order valence-corrected chi connectivity index (χ2v) is 20.1. The summed E-state index contributed by atoms with van der Waals surface area (Å²) in [5.74, 6) is 0. The average Bonchev–Trinajstić information content (AvgIpc) is 2.12. The molecule has 0 saturated heterocycles.